The maximum Gasteiger partial charge on any atom is 0.209 e. The summed E-state index contributed by atoms with van der Waals surface area (Å²) in [5.41, 5.74) is -0.0824. The Bertz CT molecular complexity index is 160. The molecule has 1 aliphatic heterocycles. The third-order valence-electron chi connectivity index (χ3n) is 2.77. The van der Waals surface area contributed by atoms with Crippen molar-refractivity contribution in [3.63, 3.8) is 0 Å². The van der Waals surface area contributed by atoms with Crippen LogP contribution < -0.4 is 0 Å². The van der Waals surface area contributed by atoms with E-state index in [0.29, 0.717) is 12.5 Å². The summed E-state index contributed by atoms with van der Waals surface area (Å²) in [7, 11) is 0. The Morgan fingerprint density at radius 1 is 1.82 bits per heavy atom. The summed E-state index contributed by atoms with van der Waals surface area (Å²) in [6, 6.07) is 0. The monoisotopic (exact) mass is 157 g/mol. The van der Waals surface area contributed by atoms with Crippen LogP contribution >= 0.6 is 0 Å². The molecule has 64 valence electrons. The minimum absolute atomic E-state index is 0.0824. The summed E-state index contributed by atoms with van der Waals surface area (Å²) in [6.07, 6.45) is 0.859. The maximum absolute atomic E-state index is 10.4. The van der Waals surface area contributed by atoms with Crippen LogP contribution in [0.4, 0.5) is 0 Å². The van der Waals surface area contributed by atoms with Crippen LogP contribution in [0, 0.1) is 11.3 Å². The van der Waals surface area contributed by atoms with Crippen LogP contribution in [0.25, 0.3) is 0 Å². The number of aliphatic hydroxyl groups excluding tert-OH is 1. The van der Waals surface area contributed by atoms with E-state index in [1.165, 1.54) is 0 Å². The van der Waals surface area contributed by atoms with Gasteiger partial charge in [-0.1, -0.05) is 13.8 Å². The number of carbonyl (C=O) groups is 1. The average molecular weight is 157 g/mol. The predicted octanol–water partition coefficient (Wildman–Crippen LogP) is 0.0931. The van der Waals surface area contributed by atoms with Gasteiger partial charge < -0.3 is 10.0 Å². The number of nitrogens with zero attached hydrogens (tertiary/aromatic N) is 1. The second-order valence-electron chi connectivity index (χ2n) is 3.75. The topological polar surface area (TPSA) is 40.5 Å². The first-order valence-electron chi connectivity index (χ1n) is 3.92. The first-order valence-corrected chi connectivity index (χ1v) is 3.92. The molecule has 1 N–H and O–H groups in total. The minimum atomic E-state index is -0.0824. The van der Waals surface area contributed by atoms with E-state index in [1.807, 2.05) is 6.92 Å². The molecule has 1 amide bonds. The van der Waals surface area contributed by atoms with Crippen molar-refractivity contribution in [2.75, 3.05) is 19.7 Å². The first kappa shape index (κ1) is 8.53. The van der Waals surface area contributed by atoms with E-state index < -0.39 is 0 Å². The molecule has 0 aromatic heterocycles. The second-order valence-corrected chi connectivity index (χ2v) is 3.75. The van der Waals surface area contributed by atoms with Crippen LogP contribution in [-0.2, 0) is 4.79 Å². The van der Waals surface area contributed by atoms with Crippen molar-refractivity contribution in [2.24, 2.45) is 11.3 Å². The van der Waals surface area contributed by atoms with Crippen molar-refractivity contribution in [1.29, 1.82) is 0 Å². The predicted molar refractivity (Wildman–Crippen MR) is 42.0 cm³/mol. The number of likely N-dealkylation sites (tertiary alicyclic amines) is 1. The Morgan fingerprint density at radius 2 is 2.45 bits per heavy atom. The van der Waals surface area contributed by atoms with Gasteiger partial charge in [-0.15, -0.1) is 0 Å². The lowest BCUT2D eigenvalue weighted by Gasteiger charge is -2.24. The number of amides is 1. The Morgan fingerprint density at radius 3 is 2.73 bits per heavy atom. The number of rotatable bonds is 2. The molecular formula is C8H15NO2. The van der Waals surface area contributed by atoms with Gasteiger partial charge in [0.1, 0.15) is 0 Å². The SMILES string of the molecule is CC1CN(C=O)CC1(C)CO. The van der Waals surface area contributed by atoms with Gasteiger partial charge in [-0.25, -0.2) is 0 Å². The summed E-state index contributed by atoms with van der Waals surface area (Å²) in [5.74, 6) is 0.401. The normalized spacial score (nSPS) is 37.7. The molecule has 0 aromatic carbocycles. The Balaban J connectivity index is 2.64. The first-order chi connectivity index (χ1) is 5.12. The Hall–Kier alpha value is -0.570. The van der Waals surface area contributed by atoms with Crippen LogP contribution in [0.5, 0.6) is 0 Å². The van der Waals surface area contributed by atoms with Gasteiger partial charge in [0.15, 0.2) is 0 Å². The molecule has 0 bridgehead atoms. The van der Waals surface area contributed by atoms with Crippen LogP contribution in [0.3, 0.4) is 0 Å². The number of hydrogen-bond acceptors (Lipinski definition) is 2. The van der Waals surface area contributed by atoms with Gasteiger partial charge in [0, 0.05) is 18.5 Å². The molecule has 2 unspecified atom stereocenters. The summed E-state index contributed by atoms with van der Waals surface area (Å²) in [5, 5.41) is 9.07. The van der Waals surface area contributed by atoms with Crippen molar-refractivity contribution >= 4 is 6.41 Å². The van der Waals surface area contributed by atoms with Crippen molar-refractivity contribution in [3.05, 3.63) is 0 Å². The lowest BCUT2D eigenvalue weighted by molar-refractivity contribution is -0.117. The second kappa shape index (κ2) is 2.81. The summed E-state index contributed by atoms with van der Waals surface area (Å²) in [6.45, 7) is 5.72. The van der Waals surface area contributed by atoms with Gasteiger partial charge in [0.05, 0.1) is 6.61 Å². The maximum atomic E-state index is 10.4. The van der Waals surface area contributed by atoms with Crippen LogP contribution in [0.15, 0.2) is 0 Å². The molecule has 11 heavy (non-hydrogen) atoms. The fourth-order valence-corrected chi connectivity index (χ4v) is 1.54. The molecule has 1 saturated heterocycles. The van der Waals surface area contributed by atoms with Crippen molar-refractivity contribution < 1.29 is 9.90 Å². The fourth-order valence-electron chi connectivity index (χ4n) is 1.54. The smallest absolute Gasteiger partial charge is 0.209 e. The highest BCUT2D eigenvalue weighted by Crippen LogP contribution is 2.33. The van der Waals surface area contributed by atoms with Crippen molar-refractivity contribution in [3.8, 4) is 0 Å². The zero-order chi connectivity index (χ0) is 8.48. The molecule has 1 aliphatic rings. The molecule has 1 heterocycles. The van der Waals surface area contributed by atoms with Gasteiger partial charge in [-0.2, -0.15) is 0 Å². The zero-order valence-electron chi connectivity index (χ0n) is 7.08. The van der Waals surface area contributed by atoms with E-state index in [9.17, 15) is 4.79 Å². The summed E-state index contributed by atoms with van der Waals surface area (Å²) < 4.78 is 0. The zero-order valence-corrected chi connectivity index (χ0v) is 7.08. The highest BCUT2D eigenvalue weighted by molar-refractivity contribution is 5.48. The van der Waals surface area contributed by atoms with Crippen molar-refractivity contribution in [2.45, 2.75) is 13.8 Å². The van der Waals surface area contributed by atoms with Crippen LogP contribution in [0.1, 0.15) is 13.8 Å². The van der Waals surface area contributed by atoms with E-state index in [4.69, 9.17) is 5.11 Å². The summed E-state index contributed by atoms with van der Waals surface area (Å²) >= 11 is 0. The number of carbonyl (C=O) groups excluding carboxylic acids is 1. The van der Waals surface area contributed by atoms with E-state index in [2.05, 4.69) is 6.92 Å². The Kier molecular flexibility index (Phi) is 2.18. The number of aliphatic hydroxyl groups is 1. The van der Waals surface area contributed by atoms with E-state index in [1.54, 1.807) is 4.90 Å². The molecule has 3 heteroatoms. The van der Waals surface area contributed by atoms with Gasteiger partial charge in [0.2, 0.25) is 6.41 Å². The van der Waals surface area contributed by atoms with Crippen LogP contribution in [0.2, 0.25) is 0 Å². The highest BCUT2D eigenvalue weighted by Gasteiger charge is 2.39. The highest BCUT2D eigenvalue weighted by atomic mass is 16.3. The standard InChI is InChI=1S/C8H15NO2/c1-7-3-9(6-11)4-8(7,2)5-10/h6-7,10H,3-5H2,1-2H3. The Labute approximate surface area is 67.0 Å². The minimum Gasteiger partial charge on any atom is -0.396 e. The average Bonchev–Trinajstić information content (AvgIpc) is 2.29. The van der Waals surface area contributed by atoms with E-state index >= 15 is 0 Å². The largest absolute Gasteiger partial charge is 0.396 e. The lowest BCUT2D eigenvalue weighted by Crippen LogP contribution is -2.29. The van der Waals surface area contributed by atoms with Crippen LogP contribution in [-0.4, -0.2) is 36.1 Å². The molecule has 0 radical (unpaired) electrons. The van der Waals surface area contributed by atoms with Gasteiger partial charge in [0.25, 0.3) is 0 Å². The fraction of sp³-hybridized carbons (Fsp3) is 0.875. The molecule has 2 atom stereocenters. The van der Waals surface area contributed by atoms with Gasteiger partial charge >= 0.3 is 0 Å². The third-order valence-corrected chi connectivity index (χ3v) is 2.77. The van der Waals surface area contributed by atoms with Gasteiger partial charge in [-0.05, 0) is 5.92 Å². The molecular weight excluding hydrogens is 142 g/mol. The lowest BCUT2D eigenvalue weighted by atomic mass is 9.82. The molecule has 0 saturated carbocycles. The third kappa shape index (κ3) is 1.38. The molecule has 0 spiro atoms. The quantitative estimate of drug-likeness (QED) is 0.577. The van der Waals surface area contributed by atoms with Crippen molar-refractivity contribution in [1.82, 2.24) is 4.90 Å². The molecule has 0 aliphatic carbocycles. The van der Waals surface area contributed by atoms with E-state index in [0.717, 1.165) is 13.0 Å². The molecule has 3 nitrogen and oxygen atoms in total. The van der Waals surface area contributed by atoms with E-state index in [-0.39, 0.29) is 12.0 Å². The number of hydrogen-bond donors (Lipinski definition) is 1. The molecule has 1 fully saturated rings. The summed E-state index contributed by atoms with van der Waals surface area (Å²) in [4.78, 5) is 12.1. The molecule has 0 aromatic rings. The van der Waals surface area contributed by atoms with Gasteiger partial charge in [-0.3, -0.25) is 4.79 Å². The molecule has 1 rings (SSSR count).